The summed E-state index contributed by atoms with van der Waals surface area (Å²) in [6, 6.07) is 5.71. The number of benzene rings is 1. The molecule has 1 aliphatic rings. The second-order valence-corrected chi connectivity index (χ2v) is 5.66. The fourth-order valence-electron chi connectivity index (χ4n) is 2.92. The maximum absolute atomic E-state index is 12.8. The summed E-state index contributed by atoms with van der Waals surface area (Å²) in [4.78, 5) is 37.4. The Morgan fingerprint density at radius 1 is 1.33 bits per heavy atom. The summed E-state index contributed by atoms with van der Waals surface area (Å²) >= 11 is 0. The van der Waals surface area contributed by atoms with Crippen LogP contribution in [0.25, 0.3) is 0 Å². The van der Waals surface area contributed by atoms with E-state index in [0.717, 1.165) is 0 Å². The van der Waals surface area contributed by atoms with E-state index in [2.05, 4.69) is 5.32 Å². The highest BCUT2D eigenvalue weighted by Crippen LogP contribution is 2.25. The number of carboxylic acids is 1. The van der Waals surface area contributed by atoms with E-state index in [-0.39, 0.29) is 18.9 Å². The number of amides is 2. The van der Waals surface area contributed by atoms with Gasteiger partial charge in [-0.3, -0.25) is 9.59 Å². The Labute approximate surface area is 140 Å². The fourth-order valence-corrected chi connectivity index (χ4v) is 2.92. The molecule has 7 heteroatoms. The normalized spacial score (nSPS) is 20.3. The van der Waals surface area contributed by atoms with Crippen LogP contribution in [0.5, 0.6) is 5.75 Å². The second-order valence-electron chi connectivity index (χ2n) is 5.66. The van der Waals surface area contributed by atoms with Crippen LogP contribution in [0.1, 0.15) is 30.1 Å². The van der Waals surface area contributed by atoms with E-state index in [9.17, 15) is 19.5 Å². The molecule has 1 aromatic rings. The largest absolute Gasteiger partial charge is 0.494 e. The molecule has 2 amide bonds. The SMILES string of the molecule is CCOc1cccc(C(=O)N2C[C@@H](C(=O)NC)CC[C@H]2C(=O)O)c1. The molecule has 24 heavy (non-hydrogen) atoms. The quantitative estimate of drug-likeness (QED) is 0.842. The van der Waals surface area contributed by atoms with Gasteiger partial charge >= 0.3 is 5.97 Å². The molecule has 0 spiro atoms. The molecule has 0 aliphatic carbocycles. The van der Waals surface area contributed by atoms with Gasteiger partial charge in [0.15, 0.2) is 0 Å². The minimum absolute atomic E-state index is 0.0916. The second kappa shape index (κ2) is 7.81. The number of ether oxygens (including phenoxy) is 1. The van der Waals surface area contributed by atoms with Gasteiger partial charge in [0, 0.05) is 19.2 Å². The van der Waals surface area contributed by atoms with Gasteiger partial charge in [0.1, 0.15) is 11.8 Å². The molecule has 1 fully saturated rings. The molecule has 2 N–H and O–H groups in total. The molecule has 7 nitrogen and oxygen atoms in total. The molecule has 2 atom stereocenters. The van der Waals surface area contributed by atoms with Crippen LogP contribution in [-0.2, 0) is 9.59 Å². The van der Waals surface area contributed by atoms with Crippen molar-refractivity contribution in [2.45, 2.75) is 25.8 Å². The van der Waals surface area contributed by atoms with E-state index in [1.54, 1.807) is 24.3 Å². The first-order chi connectivity index (χ1) is 11.5. The predicted molar refractivity (Wildman–Crippen MR) is 86.9 cm³/mol. The summed E-state index contributed by atoms with van der Waals surface area (Å²) < 4.78 is 5.38. The number of nitrogens with zero attached hydrogens (tertiary/aromatic N) is 1. The highest BCUT2D eigenvalue weighted by Gasteiger charge is 2.38. The lowest BCUT2D eigenvalue weighted by atomic mass is 9.91. The van der Waals surface area contributed by atoms with Crippen molar-refractivity contribution in [1.82, 2.24) is 10.2 Å². The van der Waals surface area contributed by atoms with Gasteiger partial charge in [-0.05, 0) is 38.0 Å². The number of carbonyl (C=O) groups is 3. The number of rotatable bonds is 5. The van der Waals surface area contributed by atoms with Gasteiger partial charge in [0.05, 0.1) is 12.5 Å². The van der Waals surface area contributed by atoms with Crippen molar-refractivity contribution in [3.05, 3.63) is 29.8 Å². The first-order valence-electron chi connectivity index (χ1n) is 7.96. The Balaban J connectivity index is 2.26. The lowest BCUT2D eigenvalue weighted by Crippen LogP contribution is -2.53. The van der Waals surface area contributed by atoms with E-state index in [0.29, 0.717) is 24.3 Å². The lowest BCUT2D eigenvalue weighted by Gasteiger charge is -2.36. The number of hydrogen-bond acceptors (Lipinski definition) is 4. The average molecular weight is 334 g/mol. The van der Waals surface area contributed by atoms with Crippen molar-refractivity contribution in [2.75, 3.05) is 20.2 Å². The maximum Gasteiger partial charge on any atom is 0.326 e. The number of aliphatic carboxylic acids is 1. The van der Waals surface area contributed by atoms with E-state index in [4.69, 9.17) is 4.74 Å². The fraction of sp³-hybridized carbons (Fsp3) is 0.471. The van der Waals surface area contributed by atoms with Crippen molar-refractivity contribution < 1.29 is 24.2 Å². The number of carboxylic acid groups (broad SMARTS) is 1. The Bertz CT molecular complexity index is 631. The number of likely N-dealkylation sites (tertiary alicyclic amines) is 1. The predicted octanol–water partition coefficient (Wildman–Crippen LogP) is 1.14. The summed E-state index contributed by atoms with van der Waals surface area (Å²) in [5.41, 5.74) is 0.352. The van der Waals surface area contributed by atoms with E-state index >= 15 is 0 Å². The third kappa shape index (κ3) is 3.84. The Hall–Kier alpha value is -2.57. The molecule has 1 heterocycles. The molecule has 0 saturated carbocycles. The van der Waals surface area contributed by atoms with Gasteiger partial charge in [-0.25, -0.2) is 4.79 Å². The molecule has 1 aliphatic heterocycles. The Morgan fingerprint density at radius 3 is 2.71 bits per heavy atom. The van der Waals surface area contributed by atoms with Gasteiger partial charge in [0.2, 0.25) is 5.91 Å². The standard InChI is InChI=1S/C17H22N2O5/c1-3-24-13-6-4-5-11(9-13)16(21)19-10-12(15(20)18-2)7-8-14(19)17(22)23/h4-6,9,12,14H,3,7-8,10H2,1-2H3,(H,18,20)(H,22,23)/t12-,14-/m0/s1. The Morgan fingerprint density at radius 2 is 2.08 bits per heavy atom. The van der Waals surface area contributed by atoms with Crippen molar-refractivity contribution in [2.24, 2.45) is 5.92 Å². The Kier molecular flexibility index (Phi) is 5.78. The minimum Gasteiger partial charge on any atom is -0.494 e. The molecule has 1 saturated heterocycles. The van der Waals surface area contributed by atoms with E-state index in [1.165, 1.54) is 11.9 Å². The molecule has 0 bridgehead atoms. The van der Waals surface area contributed by atoms with Gasteiger partial charge in [-0.1, -0.05) is 6.07 Å². The zero-order chi connectivity index (χ0) is 17.7. The third-order valence-electron chi connectivity index (χ3n) is 4.14. The number of carbonyl (C=O) groups excluding carboxylic acids is 2. The van der Waals surface area contributed by atoms with Crippen LogP contribution in [0.4, 0.5) is 0 Å². The van der Waals surface area contributed by atoms with Crippen molar-refractivity contribution in [1.29, 1.82) is 0 Å². The summed E-state index contributed by atoms with van der Waals surface area (Å²) in [5.74, 6) is -1.49. The first-order valence-corrected chi connectivity index (χ1v) is 7.96. The number of nitrogens with one attached hydrogen (secondary N) is 1. The van der Waals surface area contributed by atoms with E-state index < -0.39 is 23.8 Å². The number of piperidine rings is 1. The highest BCUT2D eigenvalue weighted by atomic mass is 16.5. The highest BCUT2D eigenvalue weighted by molar-refractivity contribution is 5.97. The van der Waals surface area contributed by atoms with Crippen LogP contribution in [-0.4, -0.2) is 54.0 Å². The smallest absolute Gasteiger partial charge is 0.326 e. The van der Waals surface area contributed by atoms with Crippen LogP contribution >= 0.6 is 0 Å². The maximum atomic E-state index is 12.8. The first kappa shape index (κ1) is 17.8. The van der Waals surface area contributed by atoms with Gasteiger partial charge in [-0.15, -0.1) is 0 Å². The van der Waals surface area contributed by atoms with Crippen LogP contribution in [0.15, 0.2) is 24.3 Å². The molecular weight excluding hydrogens is 312 g/mol. The van der Waals surface area contributed by atoms with Crippen molar-refractivity contribution >= 4 is 17.8 Å². The zero-order valence-electron chi connectivity index (χ0n) is 13.8. The summed E-state index contributed by atoms with van der Waals surface area (Å²) in [7, 11) is 1.53. The van der Waals surface area contributed by atoms with Crippen LogP contribution in [0, 0.1) is 5.92 Å². The summed E-state index contributed by atoms with van der Waals surface area (Å²) in [6.07, 6.45) is 0.698. The topological polar surface area (TPSA) is 95.9 Å². The molecule has 0 unspecified atom stereocenters. The summed E-state index contributed by atoms with van der Waals surface area (Å²) in [6.45, 7) is 2.40. The average Bonchev–Trinajstić information content (AvgIpc) is 2.60. The molecule has 0 aromatic heterocycles. The summed E-state index contributed by atoms with van der Waals surface area (Å²) in [5, 5.41) is 12.0. The molecule has 0 radical (unpaired) electrons. The zero-order valence-corrected chi connectivity index (χ0v) is 13.8. The van der Waals surface area contributed by atoms with Gasteiger partial charge < -0.3 is 20.1 Å². The molecule has 130 valence electrons. The third-order valence-corrected chi connectivity index (χ3v) is 4.14. The molecule has 1 aromatic carbocycles. The monoisotopic (exact) mass is 334 g/mol. The van der Waals surface area contributed by atoms with Crippen LogP contribution in [0.2, 0.25) is 0 Å². The minimum atomic E-state index is -1.06. The van der Waals surface area contributed by atoms with Crippen LogP contribution < -0.4 is 10.1 Å². The van der Waals surface area contributed by atoms with Crippen molar-refractivity contribution in [3.63, 3.8) is 0 Å². The van der Waals surface area contributed by atoms with Gasteiger partial charge in [0.25, 0.3) is 5.91 Å². The van der Waals surface area contributed by atoms with Crippen LogP contribution in [0.3, 0.4) is 0 Å². The van der Waals surface area contributed by atoms with Gasteiger partial charge in [-0.2, -0.15) is 0 Å². The lowest BCUT2D eigenvalue weighted by molar-refractivity contribution is -0.145. The van der Waals surface area contributed by atoms with E-state index in [1.807, 2.05) is 6.92 Å². The molecule has 2 rings (SSSR count). The van der Waals surface area contributed by atoms with Crippen molar-refractivity contribution in [3.8, 4) is 5.75 Å². The molecular formula is C17H22N2O5. The number of hydrogen-bond donors (Lipinski definition) is 2.